The van der Waals surface area contributed by atoms with Crippen LogP contribution in [0, 0.1) is 5.92 Å². The average molecular weight is 255 g/mol. The number of carboxylic acid groups (broad SMARTS) is 1. The summed E-state index contributed by atoms with van der Waals surface area (Å²) in [5, 5.41) is 16.0. The number of carboxylic acids is 1. The molecule has 0 bridgehead atoms. The van der Waals surface area contributed by atoms with E-state index in [1.54, 1.807) is 0 Å². The molecule has 7 heteroatoms. The standard InChI is InChI=1S/C11H17N3O4/c15-9(16)2-1-5-13-11(18)14-7-6-12-10(17)8-3-4-8/h1-2,8H,3-7H2,(H,12,17)(H,15,16)(H2,13,14,18)/b2-1+. The number of rotatable bonds is 7. The monoisotopic (exact) mass is 255 g/mol. The molecule has 0 aromatic carbocycles. The molecule has 0 radical (unpaired) electrons. The van der Waals surface area contributed by atoms with Gasteiger partial charge in [-0.05, 0) is 12.8 Å². The summed E-state index contributed by atoms with van der Waals surface area (Å²) in [6.45, 7) is 0.882. The van der Waals surface area contributed by atoms with Crippen molar-refractivity contribution in [3.63, 3.8) is 0 Å². The molecule has 0 heterocycles. The molecule has 1 fully saturated rings. The van der Waals surface area contributed by atoms with Gasteiger partial charge in [0.15, 0.2) is 0 Å². The highest BCUT2D eigenvalue weighted by molar-refractivity contribution is 5.81. The molecule has 7 nitrogen and oxygen atoms in total. The fourth-order valence-corrected chi connectivity index (χ4v) is 1.23. The van der Waals surface area contributed by atoms with Crippen LogP contribution in [-0.4, -0.2) is 42.6 Å². The van der Waals surface area contributed by atoms with Gasteiger partial charge in [0, 0.05) is 31.6 Å². The first-order chi connectivity index (χ1) is 8.59. The molecule has 0 saturated heterocycles. The third kappa shape index (κ3) is 6.51. The van der Waals surface area contributed by atoms with Crippen molar-refractivity contribution in [1.29, 1.82) is 0 Å². The van der Waals surface area contributed by atoms with Gasteiger partial charge in [0.2, 0.25) is 5.91 Å². The fourth-order valence-electron chi connectivity index (χ4n) is 1.23. The number of aliphatic carboxylic acids is 1. The molecule has 1 rings (SSSR count). The maximum Gasteiger partial charge on any atom is 0.328 e. The summed E-state index contributed by atoms with van der Waals surface area (Å²) < 4.78 is 0. The van der Waals surface area contributed by atoms with E-state index >= 15 is 0 Å². The zero-order chi connectivity index (χ0) is 13.4. The molecule has 0 atom stereocenters. The van der Waals surface area contributed by atoms with Crippen LogP contribution >= 0.6 is 0 Å². The number of amides is 3. The third-order valence-electron chi connectivity index (χ3n) is 2.30. The van der Waals surface area contributed by atoms with E-state index in [0.29, 0.717) is 13.1 Å². The first kappa shape index (κ1) is 14.0. The van der Waals surface area contributed by atoms with Gasteiger partial charge in [0.05, 0.1) is 0 Å². The number of carbonyl (C=O) groups excluding carboxylic acids is 2. The van der Waals surface area contributed by atoms with E-state index in [4.69, 9.17) is 5.11 Å². The van der Waals surface area contributed by atoms with Crippen LogP contribution in [0.4, 0.5) is 4.79 Å². The van der Waals surface area contributed by atoms with E-state index in [9.17, 15) is 14.4 Å². The highest BCUT2D eigenvalue weighted by atomic mass is 16.4. The Kier molecular flexibility index (Phi) is 5.69. The molecule has 0 aromatic heterocycles. The van der Waals surface area contributed by atoms with Crippen LogP contribution in [0.25, 0.3) is 0 Å². The Hall–Kier alpha value is -2.05. The maximum absolute atomic E-state index is 11.2. The Morgan fingerprint density at radius 2 is 1.78 bits per heavy atom. The lowest BCUT2D eigenvalue weighted by Gasteiger charge is -2.06. The van der Waals surface area contributed by atoms with Gasteiger partial charge in [0.1, 0.15) is 0 Å². The van der Waals surface area contributed by atoms with Crippen molar-refractivity contribution < 1.29 is 19.5 Å². The molecule has 0 spiro atoms. The minimum absolute atomic E-state index is 0.0431. The van der Waals surface area contributed by atoms with Crippen molar-refractivity contribution in [3.05, 3.63) is 12.2 Å². The SMILES string of the molecule is O=C(O)/C=C/CNC(=O)NCCNC(=O)C1CC1. The van der Waals surface area contributed by atoms with Gasteiger partial charge in [-0.15, -0.1) is 0 Å². The van der Waals surface area contributed by atoms with E-state index in [1.165, 1.54) is 6.08 Å². The van der Waals surface area contributed by atoms with Crippen LogP contribution in [0.3, 0.4) is 0 Å². The minimum atomic E-state index is -1.06. The summed E-state index contributed by atoms with van der Waals surface area (Å²) in [6, 6.07) is -0.397. The molecule has 18 heavy (non-hydrogen) atoms. The minimum Gasteiger partial charge on any atom is -0.478 e. The number of nitrogens with one attached hydrogen (secondary N) is 3. The number of carbonyl (C=O) groups is 3. The maximum atomic E-state index is 11.2. The van der Waals surface area contributed by atoms with Gasteiger partial charge in [-0.2, -0.15) is 0 Å². The van der Waals surface area contributed by atoms with Crippen molar-refractivity contribution in [2.24, 2.45) is 5.92 Å². The van der Waals surface area contributed by atoms with Crippen LogP contribution in [0.15, 0.2) is 12.2 Å². The lowest BCUT2D eigenvalue weighted by molar-refractivity contribution is -0.131. The second-order valence-corrected chi connectivity index (χ2v) is 3.94. The molecule has 100 valence electrons. The highest BCUT2D eigenvalue weighted by Gasteiger charge is 2.28. The number of hydrogen-bond acceptors (Lipinski definition) is 3. The molecule has 3 amide bonds. The van der Waals surface area contributed by atoms with E-state index in [1.807, 2.05) is 0 Å². The van der Waals surface area contributed by atoms with Crippen LogP contribution in [0.1, 0.15) is 12.8 Å². The predicted molar refractivity (Wildman–Crippen MR) is 63.9 cm³/mol. The Morgan fingerprint density at radius 1 is 1.11 bits per heavy atom. The second kappa shape index (κ2) is 7.31. The van der Waals surface area contributed by atoms with Crippen molar-refractivity contribution in [2.75, 3.05) is 19.6 Å². The van der Waals surface area contributed by atoms with E-state index < -0.39 is 12.0 Å². The van der Waals surface area contributed by atoms with Crippen LogP contribution in [0.5, 0.6) is 0 Å². The predicted octanol–water partition coefficient (Wildman–Crippen LogP) is -0.547. The normalized spacial score (nSPS) is 14.2. The van der Waals surface area contributed by atoms with Gasteiger partial charge >= 0.3 is 12.0 Å². The summed E-state index contributed by atoms with van der Waals surface area (Å²) >= 11 is 0. The van der Waals surface area contributed by atoms with Gasteiger partial charge < -0.3 is 21.1 Å². The van der Waals surface area contributed by atoms with Crippen molar-refractivity contribution in [2.45, 2.75) is 12.8 Å². The highest BCUT2D eigenvalue weighted by Crippen LogP contribution is 2.28. The molecule has 0 unspecified atom stereocenters. The molecule has 1 aliphatic rings. The van der Waals surface area contributed by atoms with E-state index in [2.05, 4.69) is 16.0 Å². The summed E-state index contributed by atoms with van der Waals surface area (Å²) in [6.07, 6.45) is 4.19. The Bertz CT molecular complexity index is 350. The molecular formula is C11H17N3O4. The van der Waals surface area contributed by atoms with Crippen LogP contribution < -0.4 is 16.0 Å². The van der Waals surface area contributed by atoms with Crippen LogP contribution in [-0.2, 0) is 9.59 Å². The van der Waals surface area contributed by atoms with Gasteiger partial charge in [-0.1, -0.05) is 6.08 Å². The van der Waals surface area contributed by atoms with Crippen molar-refractivity contribution in [3.8, 4) is 0 Å². The van der Waals surface area contributed by atoms with Crippen molar-refractivity contribution >= 4 is 17.9 Å². The molecular weight excluding hydrogens is 238 g/mol. The Morgan fingerprint density at radius 3 is 2.39 bits per heavy atom. The second-order valence-electron chi connectivity index (χ2n) is 3.94. The van der Waals surface area contributed by atoms with E-state index in [0.717, 1.165) is 18.9 Å². The van der Waals surface area contributed by atoms with Gasteiger partial charge in [-0.25, -0.2) is 9.59 Å². The molecule has 1 aliphatic carbocycles. The molecule has 0 aliphatic heterocycles. The topological polar surface area (TPSA) is 108 Å². The molecule has 1 saturated carbocycles. The summed E-state index contributed by atoms with van der Waals surface area (Å²) in [5.41, 5.74) is 0. The van der Waals surface area contributed by atoms with E-state index in [-0.39, 0.29) is 18.4 Å². The number of hydrogen-bond donors (Lipinski definition) is 4. The lowest BCUT2D eigenvalue weighted by atomic mass is 10.4. The smallest absolute Gasteiger partial charge is 0.328 e. The Balaban J connectivity index is 1.96. The molecule has 0 aromatic rings. The zero-order valence-electron chi connectivity index (χ0n) is 9.94. The molecule has 4 N–H and O–H groups in total. The quantitative estimate of drug-likeness (QED) is 0.361. The third-order valence-corrected chi connectivity index (χ3v) is 2.30. The zero-order valence-corrected chi connectivity index (χ0v) is 9.94. The first-order valence-corrected chi connectivity index (χ1v) is 5.78. The summed E-state index contributed by atoms with van der Waals surface area (Å²) in [5.74, 6) is -0.846. The fraction of sp³-hybridized carbons (Fsp3) is 0.545. The largest absolute Gasteiger partial charge is 0.478 e. The number of urea groups is 1. The van der Waals surface area contributed by atoms with Gasteiger partial charge in [0.25, 0.3) is 0 Å². The average Bonchev–Trinajstić information content (AvgIpc) is 3.13. The summed E-state index contributed by atoms with van der Waals surface area (Å²) in [4.78, 5) is 32.5. The Labute approximate surface area is 105 Å². The van der Waals surface area contributed by atoms with Crippen molar-refractivity contribution in [1.82, 2.24) is 16.0 Å². The van der Waals surface area contributed by atoms with Crippen LogP contribution in [0.2, 0.25) is 0 Å². The van der Waals surface area contributed by atoms with Gasteiger partial charge in [-0.3, -0.25) is 4.79 Å². The summed E-state index contributed by atoms with van der Waals surface area (Å²) in [7, 11) is 0. The first-order valence-electron chi connectivity index (χ1n) is 5.78. The lowest BCUT2D eigenvalue weighted by Crippen LogP contribution is -2.40.